The minimum atomic E-state index is -0.320. The molecule has 0 aliphatic heterocycles. The second-order valence-electron chi connectivity index (χ2n) is 2.85. The van der Waals surface area contributed by atoms with Crippen LogP contribution < -0.4 is 9.47 Å². The lowest BCUT2D eigenvalue weighted by atomic mass is 10.1. The summed E-state index contributed by atoms with van der Waals surface area (Å²) in [5.41, 5.74) is 7.11. The first-order chi connectivity index (χ1) is 7.08. The lowest BCUT2D eigenvalue weighted by Gasteiger charge is -2.14. The Morgan fingerprint density at radius 1 is 1.07 bits per heavy atom. The molecule has 0 saturated heterocycles. The normalized spacial score (nSPS) is 9.80. The van der Waals surface area contributed by atoms with Crippen molar-refractivity contribution in [1.29, 1.82) is 5.53 Å². The number of hydrogen-bond acceptors (Lipinski definition) is 6. The molecule has 1 aromatic carbocycles. The molecule has 0 atom stereocenters. The highest BCUT2D eigenvalue weighted by molar-refractivity contribution is 5.74. The van der Waals surface area contributed by atoms with Crippen LogP contribution in [0, 0.1) is 12.5 Å². The lowest BCUT2D eigenvalue weighted by molar-refractivity contribution is 0.316. The van der Waals surface area contributed by atoms with Gasteiger partial charge in [0.15, 0.2) is 11.5 Å². The average Bonchev–Trinajstić information content (AvgIpc) is 2.23. The van der Waals surface area contributed by atoms with E-state index in [1.807, 2.05) is 0 Å². The molecule has 0 saturated carbocycles. The summed E-state index contributed by atoms with van der Waals surface area (Å²) in [6, 6.07) is 0. The third kappa shape index (κ3) is 1.54. The average molecular weight is 212 g/mol. The monoisotopic (exact) mass is 212 g/mol. The number of benzene rings is 1. The van der Waals surface area contributed by atoms with Crippen molar-refractivity contribution < 1.29 is 19.7 Å². The van der Waals surface area contributed by atoms with Crippen molar-refractivity contribution in [1.82, 2.24) is 0 Å². The summed E-state index contributed by atoms with van der Waals surface area (Å²) in [7, 11) is 2.66. The van der Waals surface area contributed by atoms with E-state index in [1.54, 1.807) is 0 Å². The first-order valence-corrected chi connectivity index (χ1v) is 4.12. The second-order valence-corrected chi connectivity index (χ2v) is 2.85. The number of hydrogen-bond donors (Lipinski definition) is 3. The SMILES string of the molecule is COc1c(O)c(C)c(N=N)c(O)c1OC. The number of nitrogens with zero attached hydrogens (tertiary/aromatic N) is 1. The first kappa shape index (κ1) is 11.1. The predicted molar refractivity (Wildman–Crippen MR) is 52.4 cm³/mol. The second kappa shape index (κ2) is 4.04. The van der Waals surface area contributed by atoms with Gasteiger partial charge in [0.2, 0.25) is 11.5 Å². The summed E-state index contributed by atoms with van der Waals surface area (Å²) in [6.07, 6.45) is 0. The van der Waals surface area contributed by atoms with Gasteiger partial charge < -0.3 is 19.7 Å². The fourth-order valence-corrected chi connectivity index (χ4v) is 1.30. The third-order valence-corrected chi connectivity index (χ3v) is 2.09. The van der Waals surface area contributed by atoms with E-state index in [9.17, 15) is 10.2 Å². The number of phenols is 2. The molecule has 0 bridgehead atoms. The smallest absolute Gasteiger partial charge is 0.209 e. The number of phenolic OH excluding ortho intramolecular Hbond substituents is 2. The summed E-state index contributed by atoms with van der Waals surface area (Å²) in [6.45, 7) is 1.52. The Hall–Kier alpha value is -1.98. The van der Waals surface area contributed by atoms with Crippen LogP contribution in [0.3, 0.4) is 0 Å². The van der Waals surface area contributed by atoms with Gasteiger partial charge in [-0.05, 0) is 6.92 Å². The van der Waals surface area contributed by atoms with Crippen molar-refractivity contribution in [3.63, 3.8) is 0 Å². The largest absolute Gasteiger partial charge is 0.504 e. The van der Waals surface area contributed by atoms with Gasteiger partial charge in [-0.15, -0.1) is 0 Å². The van der Waals surface area contributed by atoms with Crippen LogP contribution in [0.15, 0.2) is 5.11 Å². The molecule has 0 spiro atoms. The minimum absolute atomic E-state index is 0.0277. The van der Waals surface area contributed by atoms with Gasteiger partial charge in [0.05, 0.1) is 14.2 Å². The Kier molecular flexibility index (Phi) is 2.99. The van der Waals surface area contributed by atoms with Crippen LogP contribution in [0.25, 0.3) is 0 Å². The molecule has 0 radical (unpaired) electrons. The Morgan fingerprint density at radius 2 is 1.53 bits per heavy atom. The van der Waals surface area contributed by atoms with Crippen LogP contribution in [-0.4, -0.2) is 24.4 Å². The predicted octanol–water partition coefficient (Wildman–Crippen LogP) is 2.09. The fraction of sp³-hybridized carbons (Fsp3) is 0.333. The summed E-state index contributed by atoms with van der Waals surface area (Å²) >= 11 is 0. The Labute approximate surface area is 86.6 Å². The topological polar surface area (TPSA) is 95.1 Å². The highest BCUT2D eigenvalue weighted by Crippen LogP contribution is 2.51. The van der Waals surface area contributed by atoms with Gasteiger partial charge in [-0.3, -0.25) is 0 Å². The van der Waals surface area contributed by atoms with Crippen molar-refractivity contribution in [2.45, 2.75) is 6.92 Å². The van der Waals surface area contributed by atoms with E-state index in [0.29, 0.717) is 0 Å². The number of methoxy groups -OCH3 is 2. The van der Waals surface area contributed by atoms with Crippen molar-refractivity contribution in [3.8, 4) is 23.0 Å². The number of rotatable bonds is 3. The van der Waals surface area contributed by atoms with Crippen molar-refractivity contribution >= 4 is 5.69 Å². The van der Waals surface area contributed by atoms with Crippen LogP contribution in [0.2, 0.25) is 0 Å². The molecule has 1 rings (SSSR count). The van der Waals surface area contributed by atoms with Crippen LogP contribution in [0.5, 0.6) is 23.0 Å². The highest BCUT2D eigenvalue weighted by atomic mass is 16.5. The molecule has 0 aliphatic rings. The summed E-state index contributed by atoms with van der Waals surface area (Å²) in [4.78, 5) is 0. The maximum Gasteiger partial charge on any atom is 0.209 e. The summed E-state index contributed by atoms with van der Waals surface area (Å²) in [5.74, 6) is -0.524. The Morgan fingerprint density at radius 3 is 1.93 bits per heavy atom. The fourth-order valence-electron chi connectivity index (χ4n) is 1.30. The van der Waals surface area contributed by atoms with Gasteiger partial charge in [0.1, 0.15) is 5.69 Å². The molecule has 15 heavy (non-hydrogen) atoms. The quantitative estimate of drug-likeness (QED) is 0.528. The lowest BCUT2D eigenvalue weighted by Crippen LogP contribution is -1.93. The molecule has 0 aromatic heterocycles. The Balaban J connectivity index is 3.64. The molecule has 6 heteroatoms. The van der Waals surface area contributed by atoms with Gasteiger partial charge in [-0.1, -0.05) is 0 Å². The van der Waals surface area contributed by atoms with E-state index in [0.717, 1.165) is 0 Å². The van der Waals surface area contributed by atoms with E-state index in [-0.39, 0.29) is 34.2 Å². The van der Waals surface area contributed by atoms with Gasteiger partial charge in [0.25, 0.3) is 0 Å². The van der Waals surface area contributed by atoms with E-state index in [1.165, 1.54) is 21.1 Å². The molecule has 0 amide bonds. The van der Waals surface area contributed by atoms with Gasteiger partial charge in [-0.25, -0.2) is 5.53 Å². The van der Waals surface area contributed by atoms with Crippen molar-refractivity contribution in [2.75, 3.05) is 14.2 Å². The zero-order chi connectivity index (χ0) is 11.6. The maximum absolute atomic E-state index is 9.69. The van der Waals surface area contributed by atoms with Gasteiger partial charge in [-0.2, -0.15) is 5.11 Å². The maximum atomic E-state index is 9.69. The molecule has 6 nitrogen and oxygen atoms in total. The van der Waals surface area contributed by atoms with Crippen LogP contribution in [0.1, 0.15) is 5.56 Å². The van der Waals surface area contributed by atoms with E-state index in [2.05, 4.69) is 5.11 Å². The zero-order valence-corrected chi connectivity index (χ0v) is 8.66. The van der Waals surface area contributed by atoms with Crippen LogP contribution >= 0.6 is 0 Å². The molecule has 0 unspecified atom stereocenters. The number of nitrogens with one attached hydrogen (secondary N) is 1. The van der Waals surface area contributed by atoms with E-state index < -0.39 is 0 Å². The highest BCUT2D eigenvalue weighted by Gasteiger charge is 2.22. The molecule has 0 heterocycles. The van der Waals surface area contributed by atoms with Crippen molar-refractivity contribution in [3.05, 3.63) is 5.56 Å². The van der Waals surface area contributed by atoms with Gasteiger partial charge in [0, 0.05) is 5.56 Å². The molecule has 82 valence electrons. The van der Waals surface area contributed by atoms with E-state index in [4.69, 9.17) is 15.0 Å². The summed E-state index contributed by atoms with van der Waals surface area (Å²) < 4.78 is 9.76. The molecule has 0 aliphatic carbocycles. The molecule has 3 N–H and O–H groups in total. The minimum Gasteiger partial charge on any atom is -0.504 e. The van der Waals surface area contributed by atoms with E-state index >= 15 is 0 Å². The number of ether oxygens (including phenoxy) is 2. The van der Waals surface area contributed by atoms with Gasteiger partial charge >= 0.3 is 0 Å². The standard InChI is InChI=1S/C9H12N2O4/c1-4-5(11-10)7(13)9(15-3)8(14-2)6(4)12/h10,12-13H,1-3H3. The molecular formula is C9H12N2O4. The molecular weight excluding hydrogens is 200 g/mol. The van der Waals surface area contributed by atoms with Crippen molar-refractivity contribution in [2.24, 2.45) is 5.11 Å². The molecule has 0 fully saturated rings. The van der Waals surface area contributed by atoms with Crippen LogP contribution in [-0.2, 0) is 0 Å². The number of aromatic hydroxyl groups is 2. The first-order valence-electron chi connectivity index (χ1n) is 4.12. The third-order valence-electron chi connectivity index (χ3n) is 2.09. The zero-order valence-electron chi connectivity index (χ0n) is 8.66. The molecule has 1 aromatic rings. The van der Waals surface area contributed by atoms with Crippen LogP contribution in [0.4, 0.5) is 5.69 Å². The Bertz CT molecular complexity index is 404. The summed E-state index contributed by atoms with van der Waals surface area (Å²) in [5, 5.41) is 22.5.